The molecule has 4 N–H and O–H groups in total. The van der Waals surface area contributed by atoms with Gasteiger partial charge in [-0.1, -0.05) is 0 Å². The van der Waals surface area contributed by atoms with E-state index < -0.39 is 12.7 Å². The van der Waals surface area contributed by atoms with Gasteiger partial charge in [0.25, 0.3) is 5.91 Å². The number of alkyl halides is 3. The highest BCUT2D eigenvalue weighted by atomic mass is 19.4. The Morgan fingerprint density at radius 1 is 1.12 bits per heavy atom. The van der Waals surface area contributed by atoms with Gasteiger partial charge in [0.2, 0.25) is 5.95 Å². The molecule has 1 fully saturated rings. The normalized spacial score (nSPS) is 14.9. The number of halogens is 3. The molecule has 0 bridgehead atoms. The van der Waals surface area contributed by atoms with Crippen molar-refractivity contribution in [2.75, 3.05) is 56.6 Å². The molecule has 0 atom stereocenters. The van der Waals surface area contributed by atoms with Crippen molar-refractivity contribution in [1.82, 2.24) is 25.2 Å². The van der Waals surface area contributed by atoms with E-state index in [-0.39, 0.29) is 17.7 Å². The zero-order valence-electron chi connectivity index (χ0n) is 17.7. The van der Waals surface area contributed by atoms with Crippen LogP contribution in [0.25, 0.3) is 11.0 Å². The molecule has 2 aromatic heterocycles. The summed E-state index contributed by atoms with van der Waals surface area (Å²) >= 11 is 0. The molecule has 1 amide bonds. The van der Waals surface area contributed by atoms with Crippen molar-refractivity contribution in [3.8, 4) is 0 Å². The number of nitrogens with one attached hydrogen (secondary N) is 4. The molecule has 1 saturated heterocycles. The molecule has 0 saturated carbocycles. The summed E-state index contributed by atoms with van der Waals surface area (Å²) in [6, 6.07) is 8.28. The number of hydrogen-bond donors (Lipinski definition) is 4. The summed E-state index contributed by atoms with van der Waals surface area (Å²) in [5, 5.41) is 8.62. The molecule has 0 aliphatic carbocycles. The summed E-state index contributed by atoms with van der Waals surface area (Å²) in [7, 11) is 0. The summed E-state index contributed by atoms with van der Waals surface area (Å²) in [5.41, 5.74) is 1.48. The summed E-state index contributed by atoms with van der Waals surface area (Å²) in [5.74, 6) is 0.00665. The number of fused-ring (bicyclic) bond motifs is 1. The monoisotopic (exact) mass is 463 g/mol. The van der Waals surface area contributed by atoms with Crippen LogP contribution in [-0.2, 0) is 4.74 Å². The van der Waals surface area contributed by atoms with E-state index in [0.717, 1.165) is 19.6 Å². The summed E-state index contributed by atoms with van der Waals surface area (Å²) < 4.78 is 43.2. The number of rotatable bonds is 8. The predicted molar refractivity (Wildman–Crippen MR) is 118 cm³/mol. The lowest BCUT2D eigenvalue weighted by Crippen LogP contribution is -2.41. The standard InChI is InChI=1S/C21H24F3N7O2/c22-21(23,24)13-27-18-16-5-6-25-17(16)29-20(30-18)28-15-3-1-14(2-4-15)19(32)26-7-8-31-9-11-33-12-10-31/h1-6H,7-13H2,(H,26,32)(H3,25,27,28,29,30). The highest BCUT2D eigenvalue weighted by Gasteiger charge is 2.27. The number of aromatic nitrogens is 3. The van der Waals surface area contributed by atoms with E-state index in [1.165, 1.54) is 0 Å². The molecule has 1 aliphatic rings. The first-order valence-electron chi connectivity index (χ1n) is 10.5. The van der Waals surface area contributed by atoms with E-state index in [9.17, 15) is 18.0 Å². The highest BCUT2D eigenvalue weighted by molar-refractivity contribution is 5.94. The van der Waals surface area contributed by atoms with E-state index in [1.807, 2.05) is 0 Å². The van der Waals surface area contributed by atoms with Crippen molar-refractivity contribution in [2.24, 2.45) is 0 Å². The fraction of sp³-hybridized carbons (Fsp3) is 0.381. The van der Waals surface area contributed by atoms with Gasteiger partial charge in [0.05, 0.1) is 18.6 Å². The smallest absolute Gasteiger partial charge is 0.379 e. The molecule has 0 unspecified atom stereocenters. The molecule has 3 aromatic rings. The van der Waals surface area contributed by atoms with E-state index >= 15 is 0 Å². The first-order valence-corrected chi connectivity index (χ1v) is 10.5. The lowest BCUT2D eigenvalue weighted by molar-refractivity contribution is -0.115. The highest BCUT2D eigenvalue weighted by Crippen LogP contribution is 2.24. The van der Waals surface area contributed by atoms with Gasteiger partial charge in [-0.15, -0.1) is 0 Å². The number of morpholine rings is 1. The van der Waals surface area contributed by atoms with Crippen LogP contribution in [0.2, 0.25) is 0 Å². The van der Waals surface area contributed by atoms with Crippen LogP contribution in [0.15, 0.2) is 36.5 Å². The summed E-state index contributed by atoms with van der Waals surface area (Å²) in [6.45, 7) is 3.24. The average molecular weight is 463 g/mol. The topological polar surface area (TPSA) is 107 Å². The van der Waals surface area contributed by atoms with Crippen molar-refractivity contribution < 1.29 is 22.7 Å². The Morgan fingerprint density at radius 2 is 1.88 bits per heavy atom. The van der Waals surface area contributed by atoms with Gasteiger partial charge < -0.3 is 25.7 Å². The average Bonchev–Trinajstić information content (AvgIpc) is 3.27. The number of nitrogens with zero attached hydrogens (tertiary/aromatic N) is 3. The Hall–Kier alpha value is -3.38. The zero-order chi connectivity index (χ0) is 23.3. The third-order valence-electron chi connectivity index (χ3n) is 5.09. The molecular weight excluding hydrogens is 439 g/mol. The van der Waals surface area contributed by atoms with Crippen molar-refractivity contribution in [3.63, 3.8) is 0 Å². The fourth-order valence-corrected chi connectivity index (χ4v) is 3.40. The first-order chi connectivity index (χ1) is 15.9. The Kier molecular flexibility index (Phi) is 6.94. The van der Waals surface area contributed by atoms with Crippen molar-refractivity contribution in [2.45, 2.75) is 6.18 Å². The molecule has 3 heterocycles. The number of aromatic amines is 1. The molecule has 9 nitrogen and oxygen atoms in total. The van der Waals surface area contributed by atoms with Gasteiger partial charge in [-0.05, 0) is 30.3 Å². The van der Waals surface area contributed by atoms with Gasteiger partial charge in [-0.3, -0.25) is 9.69 Å². The van der Waals surface area contributed by atoms with Gasteiger partial charge in [0.15, 0.2) is 0 Å². The number of carbonyl (C=O) groups is 1. The van der Waals surface area contributed by atoms with Crippen LogP contribution in [-0.4, -0.2) is 77.9 Å². The Morgan fingerprint density at radius 3 is 2.61 bits per heavy atom. The third-order valence-corrected chi connectivity index (χ3v) is 5.09. The number of hydrogen-bond acceptors (Lipinski definition) is 7. The molecule has 12 heteroatoms. The number of carbonyl (C=O) groups excluding carboxylic acids is 1. The second kappa shape index (κ2) is 10.0. The van der Waals surface area contributed by atoms with Crippen LogP contribution in [0.4, 0.5) is 30.6 Å². The Labute approximate surface area is 187 Å². The molecular formula is C21H24F3N7O2. The first kappa shape index (κ1) is 22.8. The lowest BCUT2D eigenvalue weighted by Gasteiger charge is -2.26. The maximum atomic E-state index is 12.6. The molecule has 0 spiro atoms. The van der Waals surface area contributed by atoms with Crippen LogP contribution >= 0.6 is 0 Å². The molecule has 176 valence electrons. The number of anilines is 3. The van der Waals surface area contributed by atoms with Gasteiger partial charge in [-0.25, -0.2) is 0 Å². The van der Waals surface area contributed by atoms with Crippen LogP contribution in [0, 0.1) is 0 Å². The summed E-state index contributed by atoms with van der Waals surface area (Å²) in [4.78, 5) is 25.9. The second-order valence-corrected chi connectivity index (χ2v) is 7.52. The van der Waals surface area contributed by atoms with Crippen molar-refractivity contribution in [3.05, 3.63) is 42.1 Å². The number of H-pyrrole nitrogens is 1. The van der Waals surface area contributed by atoms with E-state index in [4.69, 9.17) is 4.74 Å². The molecule has 4 rings (SSSR count). The van der Waals surface area contributed by atoms with E-state index in [0.29, 0.717) is 42.0 Å². The third kappa shape index (κ3) is 6.33. The minimum atomic E-state index is -4.38. The number of ether oxygens (including phenoxy) is 1. The lowest BCUT2D eigenvalue weighted by atomic mass is 10.2. The van der Waals surface area contributed by atoms with Crippen LogP contribution in [0.3, 0.4) is 0 Å². The van der Waals surface area contributed by atoms with E-state index in [1.54, 1.807) is 36.5 Å². The van der Waals surface area contributed by atoms with Crippen molar-refractivity contribution in [1.29, 1.82) is 0 Å². The minimum absolute atomic E-state index is 0.0670. The van der Waals surface area contributed by atoms with Crippen molar-refractivity contribution >= 4 is 34.4 Å². The maximum Gasteiger partial charge on any atom is 0.405 e. The van der Waals surface area contributed by atoms with Crippen LogP contribution < -0.4 is 16.0 Å². The maximum absolute atomic E-state index is 12.6. The van der Waals surface area contributed by atoms with Gasteiger partial charge in [-0.2, -0.15) is 23.1 Å². The molecule has 33 heavy (non-hydrogen) atoms. The summed E-state index contributed by atoms with van der Waals surface area (Å²) in [6.07, 6.45) is -2.80. The minimum Gasteiger partial charge on any atom is -0.379 e. The predicted octanol–water partition coefficient (Wildman–Crippen LogP) is 2.74. The molecule has 0 radical (unpaired) electrons. The van der Waals surface area contributed by atoms with Gasteiger partial charge >= 0.3 is 6.18 Å². The van der Waals surface area contributed by atoms with Crippen LogP contribution in [0.1, 0.15) is 10.4 Å². The SMILES string of the molecule is O=C(NCCN1CCOCC1)c1ccc(Nc2nc(NCC(F)(F)F)c3cc[nH]c3n2)cc1. The quantitative estimate of drug-likeness (QED) is 0.407. The Bertz CT molecular complexity index is 1080. The van der Waals surface area contributed by atoms with Gasteiger partial charge in [0, 0.05) is 43.6 Å². The zero-order valence-corrected chi connectivity index (χ0v) is 17.7. The van der Waals surface area contributed by atoms with Crippen LogP contribution in [0.5, 0.6) is 0 Å². The molecule has 1 aromatic carbocycles. The number of amides is 1. The second-order valence-electron chi connectivity index (χ2n) is 7.52. The fourth-order valence-electron chi connectivity index (χ4n) is 3.40. The number of benzene rings is 1. The molecule has 1 aliphatic heterocycles. The largest absolute Gasteiger partial charge is 0.405 e. The van der Waals surface area contributed by atoms with E-state index in [2.05, 4.69) is 35.8 Å². The Balaban J connectivity index is 1.36. The van der Waals surface area contributed by atoms with Gasteiger partial charge in [0.1, 0.15) is 18.0 Å².